The highest BCUT2D eigenvalue weighted by atomic mass is 31.1. The van der Waals surface area contributed by atoms with Gasteiger partial charge in [0, 0.05) is 11.0 Å². The minimum Gasteiger partial charge on any atom is -0.368 e. The molecule has 1 fully saturated rings. The van der Waals surface area contributed by atoms with Crippen LogP contribution in [0.5, 0.6) is 0 Å². The van der Waals surface area contributed by atoms with Crippen LogP contribution in [0.1, 0.15) is 6.42 Å². The van der Waals surface area contributed by atoms with Gasteiger partial charge in [0.2, 0.25) is 17.8 Å². The molecule has 1 saturated heterocycles. The summed E-state index contributed by atoms with van der Waals surface area (Å²) < 4.78 is 19.4. The zero-order valence-electron chi connectivity index (χ0n) is 8.81. The van der Waals surface area contributed by atoms with Gasteiger partial charge in [-0.1, -0.05) is 0 Å². The number of nitrogens with two attached hydrogens (primary N) is 4. The summed E-state index contributed by atoms with van der Waals surface area (Å²) in [5, 5.41) is 0. The van der Waals surface area contributed by atoms with E-state index in [1.165, 1.54) is 0 Å². The van der Waals surface area contributed by atoms with Crippen LogP contribution in [0.2, 0.25) is 0 Å². The molecule has 1 aliphatic rings. The third-order valence-electron chi connectivity index (χ3n) is 1.51. The van der Waals surface area contributed by atoms with Gasteiger partial charge < -0.3 is 22.9 Å². The highest BCUT2D eigenvalue weighted by Crippen LogP contribution is 2.29. The van der Waals surface area contributed by atoms with E-state index in [4.69, 9.17) is 22.9 Å². The van der Waals surface area contributed by atoms with Crippen LogP contribution < -0.4 is 22.9 Å². The Morgan fingerprint density at radius 1 is 1.12 bits per heavy atom. The van der Waals surface area contributed by atoms with Gasteiger partial charge >= 0.3 is 8.25 Å². The van der Waals surface area contributed by atoms with E-state index >= 15 is 0 Å². The Morgan fingerprint density at radius 2 is 1.59 bits per heavy atom. The predicted octanol–water partition coefficient (Wildman–Crippen LogP) is -1.02. The van der Waals surface area contributed by atoms with Gasteiger partial charge in [-0.3, -0.25) is 0 Å². The van der Waals surface area contributed by atoms with Crippen molar-refractivity contribution in [3.63, 3.8) is 0 Å². The lowest BCUT2D eigenvalue weighted by atomic mass is 10.4. The molecule has 0 bridgehead atoms. The Balaban J connectivity index is 0.000000171. The molecular weight excluding hydrogens is 249 g/mol. The molecular formula is C6H13N7O3P+. The highest BCUT2D eigenvalue weighted by Gasteiger charge is 2.30. The Morgan fingerprint density at radius 3 is 1.88 bits per heavy atom. The van der Waals surface area contributed by atoms with Crippen molar-refractivity contribution in [3.8, 4) is 0 Å². The lowest BCUT2D eigenvalue weighted by molar-refractivity contribution is 0.101. The topological polar surface area (TPSA) is 178 Å². The van der Waals surface area contributed by atoms with Gasteiger partial charge in [0.25, 0.3) is 0 Å². The van der Waals surface area contributed by atoms with Crippen LogP contribution in [0.3, 0.4) is 0 Å². The average Bonchev–Trinajstić information content (AvgIpc) is 2.15. The number of nitrogens with zero attached hydrogens (tertiary/aromatic N) is 3. The monoisotopic (exact) mass is 262 g/mol. The molecule has 1 aromatic heterocycles. The van der Waals surface area contributed by atoms with Gasteiger partial charge in [0.1, 0.15) is 6.61 Å². The number of hydrogen-bond donors (Lipinski definition) is 4. The summed E-state index contributed by atoms with van der Waals surface area (Å²) in [6, 6.07) is 0. The molecule has 17 heavy (non-hydrogen) atoms. The minimum absolute atomic E-state index is 0.0417. The van der Waals surface area contributed by atoms with Crippen LogP contribution in [-0.2, 0) is 13.6 Å². The van der Waals surface area contributed by atoms with E-state index in [2.05, 4.69) is 24.0 Å². The molecule has 10 nitrogen and oxygen atoms in total. The van der Waals surface area contributed by atoms with Gasteiger partial charge in [0.05, 0.1) is 0 Å². The average molecular weight is 262 g/mol. The van der Waals surface area contributed by atoms with Crippen molar-refractivity contribution in [2.45, 2.75) is 12.6 Å². The fourth-order valence-corrected chi connectivity index (χ4v) is 1.51. The van der Waals surface area contributed by atoms with Gasteiger partial charge in [0.15, 0.2) is 6.23 Å². The van der Waals surface area contributed by atoms with E-state index in [0.29, 0.717) is 13.0 Å². The summed E-state index contributed by atoms with van der Waals surface area (Å²) in [6.07, 6.45) is 0.230. The van der Waals surface area contributed by atoms with Gasteiger partial charge in [-0.2, -0.15) is 15.0 Å². The van der Waals surface area contributed by atoms with E-state index in [1.807, 2.05) is 0 Å². The van der Waals surface area contributed by atoms with Crippen LogP contribution in [0.4, 0.5) is 17.8 Å². The maximum absolute atomic E-state index is 10.3. The summed E-state index contributed by atoms with van der Waals surface area (Å²) in [6.45, 7) is 0.441. The second-order valence-electron chi connectivity index (χ2n) is 2.90. The first kappa shape index (κ1) is 13.5. The maximum Gasteiger partial charge on any atom is 0.699 e. The first-order valence-corrected chi connectivity index (χ1v) is 5.62. The number of nitrogen functional groups attached to an aromatic ring is 3. The van der Waals surface area contributed by atoms with E-state index in [1.54, 1.807) is 0 Å². The molecule has 0 amide bonds. The van der Waals surface area contributed by atoms with Crippen molar-refractivity contribution in [2.75, 3.05) is 23.8 Å². The van der Waals surface area contributed by atoms with Crippen LogP contribution in [0.25, 0.3) is 0 Å². The molecule has 2 atom stereocenters. The molecule has 0 aromatic carbocycles. The second kappa shape index (κ2) is 6.21. The molecule has 94 valence electrons. The summed E-state index contributed by atoms with van der Waals surface area (Å²) in [4.78, 5) is 10.5. The first-order valence-electron chi connectivity index (χ1n) is 4.52. The SMILES string of the molecule is NC1CCO[P+](=O)O1.Nc1nc(N)nc(N)n1. The van der Waals surface area contributed by atoms with Crippen LogP contribution >= 0.6 is 8.25 Å². The van der Waals surface area contributed by atoms with E-state index in [-0.39, 0.29) is 17.8 Å². The van der Waals surface area contributed by atoms with E-state index < -0.39 is 14.5 Å². The van der Waals surface area contributed by atoms with Crippen molar-refractivity contribution >= 4 is 26.1 Å². The second-order valence-corrected chi connectivity index (χ2v) is 3.82. The quantitative estimate of drug-likeness (QED) is 0.423. The fourth-order valence-electron chi connectivity index (χ4n) is 0.864. The predicted molar refractivity (Wildman–Crippen MR) is 60.3 cm³/mol. The van der Waals surface area contributed by atoms with Crippen LogP contribution in [0.15, 0.2) is 0 Å². The first-order chi connectivity index (χ1) is 7.97. The highest BCUT2D eigenvalue weighted by molar-refractivity contribution is 7.33. The summed E-state index contributed by atoms with van der Waals surface area (Å²) in [5.41, 5.74) is 20.7. The lowest BCUT2D eigenvalue weighted by Gasteiger charge is -2.04. The minimum atomic E-state index is -1.91. The van der Waals surface area contributed by atoms with Crippen molar-refractivity contribution < 1.29 is 13.6 Å². The van der Waals surface area contributed by atoms with Crippen molar-refractivity contribution in [1.29, 1.82) is 0 Å². The normalized spacial score (nSPS) is 21.5. The van der Waals surface area contributed by atoms with Crippen molar-refractivity contribution in [2.24, 2.45) is 5.73 Å². The number of aromatic nitrogens is 3. The number of hydrogen-bond acceptors (Lipinski definition) is 10. The molecule has 1 aliphatic heterocycles. The van der Waals surface area contributed by atoms with Gasteiger partial charge in [-0.25, -0.2) is 0 Å². The lowest BCUT2D eigenvalue weighted by Crippen LogP contribution is -2.25. The number of rotatable bonds is 0. The van der Waals surface area contributed by atoms with Gasteiger partial charge in [-0.15, -0.1) is 9.05 Å². The van der Waals surface area contributed by atoms with Gasteiger partial charge in [-0.05, 0) is 0 Å². The molecule has 0 spiro atoms. The Hall–Kier alpha value is -1.61. The molecule has 0 radical (unpaired) electrons. The molecule has 0 saturated carbocycles. The van der Waals surface area contributed by atoms with E-state index in [9.17, 15) is 4.57 Å². The molecule has 2 rings (SSSR count). The molecule has 2 heterocycles. The van der Waals surface area contributed by atoms with Crippen molar-refractivity contribution in [1.82, 2.24) is 15.0 Å². The standard InChI is InChI=1S/C3H6N6.C3H7NO3P/c4-1-7-2(5)9-3(6)8-1;4-3-1-2-6-8(5)7-3/h(H6,4,5,6,7,8,9);3H,1-2,4H2/q;+1. The summed E-state index contributed by atoms with van der Waals surface area (Å²) >= 11 is 0. The molecule has 2 unspecified atom stereocenters. The molecule has 1 aromatic rings. The third kappa shape index (κ3) is 5.31. The Kier molecular flexibility index (Phi) is 4.91. The Labute approximate surface area is 97.6 Å². The molecule has 0 aliphatic carbocycles. The van der Waals surface area contributed by atoms with Crippen LogP contribution in [0, 0.1) is 0 Å². The number of anilines is 3. The Bertz CT molecular complexity index is 353. The summed E-state index contributed by atoms with van der Waals surface area (Å²) in [7, 11) is -1.91. The summed E-state index contributed by atoms with van der Waals surface area (Å²) in [5.74, 6) is 0.125. The van der Waals surface area contributed by atoms with E-state index in [0.717, 1.165) is 0 Å². The third-order valence-corrected chi connectivity index (χ3v) is 2.34. The largest absolute Gasteiger partial charge is 0.699 e. The zero-order chi connectivity index (χ0) is 12.8. The maximum atomic E-state index is 10.3. The smallest absolute Gasteiger partial charge is 0.368 e. The zero-order valence-corrected chi connectivity index (χ0v) is 9.71. The fraction of sp³-hybridized carbons (Fsp3) is 0.500. The van der Waals surface area contributed by atoms with Crippen LogP contribution in [-0.4, -0.2) is 27.8 Å². The molecule has 8 N–H and O–H groups in total. The molecule has 11 heteroatoms. The van der Waals surface area contributed by atoms with Crippen molar-refractivity contribution in [3.05, 3.63) is 0 Å².